The summed E-state index contributed by atoms with van der Waals surface area (Å²) in [5, 5.41) is 11.9. The third-order valence-electron chi connectivity index (χ3n) is 2.98. The zero-order valence-corrected chi connectivity index (χ0v) is 9.62. The third kappa shape index (κ3) is 1.92. The summed E-state index contributed by atoms with van der Waals surface area (Å²) >= 11 is 0. The van der Waals surface area contributed by atoms with Gasteiger partial charge in [0, 0.05) is 6.08 Å². The highest BCUT2D eigenvalue weighted by atomic mass is 16.6. The van der Waals surface area contributed by atoms with Crippen LogP contribution in [0.3, 0.4) is 0 Å². The van der Waals surface area contributed by atoms with Gasteiger partial charge < -0.3 is 15.2 Å². The number of benzene rings is 1. The Morgan fingerprint density at radius 2 is 1.95 bits per heavy atom. The maximum atomic E-state index is 11.9. The molecule has 0 aromatic heterocycles. The van der Waals surface area contributed by atoms with Gasteiger partial charge in [-0.3, -0.25) is 14.4 Å². The van der Waals surface area contributed by atoms with Crippen LogP contribution in [0.4, 0.5) is 0 Å². The number of Topliss-reactive ketones (excluding diaryl/α,β-unsaturated/α-hetero) is 1. The molecule has 1 aliphatic carbocycles. The Labute approximate surface area is 107 Å². The molecule has 6 heteroatoms. The Kier molecular flexibility index (Phi) is 2.46. The van der Waals surface area contributed by atoms with Crippen LogP contribution in [-0.4, -0.2) is 34.8 Å². The number of hydrogen-bond acceptors (Lipinski definition) is 5. The fourth-order valence-electron chi connectivity index (χ4n) is 1.93. The number of rotatable bonds is 2. The number of aromatic hydroxyl groups is 1. The van der Waals surface area contributed by atoms with Gasteiger partial charge >= 0.3 is 0 Å². The largest absolute Gasteiger partial charge is 0.507 e. The van der Waals surface area contributed by atoms with Crippen LogP contribution in [-0.2, 0) is 14.3 Å². The lowest BCUT2D eigenvalue weighted by Gasteiger charge is -2.10. The lowest BCUT2D eigenvalue weighted by molar-refractivity contribution is -0.119. The van der Waals surface area contributed by atoms with Gasteiger partial charge in [-0.25, -0.2) is 0 Å². The average molecular weight is 259 g/mol. The highest BCUT2D eigenvalue weighted by Gasteiger charge is 2.53. The number of amides is 1. The van der Waals surface area contributed by atoms with E-state index >= 15 is 0 Å². The van der Waals surface area contributed by atoms with E-state index in [1.54, 1.807) is 12.1 Å². The summed E-state index contributed by atoms with van der Waals surface area (Å²) in [6.07, 6.45) is -0.385. The number of para-hydroxylation sites is 1. The van der Waals surface area contributed by atoms with Crippen molar-refractivity contribution < 1.29 is 24.2 Å². The molecular weight excluding hydrogens is 250 g/mol. The van der Waals surface area contributed by atoms with Crippen LogP contribution in [0, 0.1) is 0 Å². The van der Waals surface area contributed by atoms with Crippen molar-refractivity contribution in [1.29, 1.82) is 0 Å². The van der Waals surface area contributed by atoms with Crippen LogP contribution in [0.25, 0.3) is 0 Å². The Balaban J connectivity index is 1.82. The number of phenolic OH excluding ortho intramolecular Hbond substituents is 1. The predicted molar refractivity (Wildman–Crippen MR) is 62.3 cm³/mol. The number of carbonyl (C=O) groups excluding carboxylic acids is 3. The van der Waals surface area contributed by atoms with Gasteiger partial charge in [0.05, 0.1) is 11.3 Å². The van der Waals surface area contributed by atoms with Crippen molar-refractivity contribution in [3.05, 3.63) is 41.6 Å². The normalized spacial score (nSPS) is 24.5. The summed E-state index contributed by atoms with van der Waals surface area (Å²) in [7, 11) is 0. The topological polar surface area (TPSA) is 96.0 Å². The van der Waals surface area contributed by atoms with E-state index in [1.165, 1.54) is 12.1 Å². The molecule has 2 N–H and O–H groups in total. The standard InChI is InChI=1S/C13H9NO5/c15-8-4-2-1-3-6(8)13(18)14-7-5-9(16)11-12(19-11)10(7)17/h1-5,11-12,15H,(H,14,18)/t11-,12-/m1/s1. The minimum atomic E-state index is -0.767. The van der Waals surface area contributed by atoms with E-state index in [2.05, 4.69) is 5.32 Å². The zero-order chi connectivity index (χ0) is 13.6. The van der Waals surface area contributed by atoms with Crippen molar-refractivity contribution >= 4 is 17.5 Å². The summed E-state index contributed by atoms with van der Waals surface area (Å²) < 4.78 is 4.89. The lowest BCUT2D eigenvalue weighted by atomic mass is 10.0. The fraction of sp³-hybridized carbons (Fsp3) is 0.154. The zero-order valence-electron chi connectivity index (χ0n) is 9.62. The number of ether oxygens (including phenoxy) is 1. The number of fused-ring (bicyclic) bond motifs is 1. The molecule has 0 radical (unpaired) electrons. The summed E-state index contributed by atoms with van der Waals surface area (Å²) in [6.45, 7) is 0. The molecule has 6 nitrogen and oxygen atoms in total. The Morgan fingerprint density at radius 1 is 1.21 bits per heavy atom. The van der Waals surface area contributed by atoms with Crippen LogP contribution < -0.4 is 5.32 Å². The highest BCUT2D eigenvalue weighted by Crippen LogP contribution is 2.30. The number of phenols is 1. The molecule has 3 rings (SSSR count). The second kappa shape index (κ2) is 4.03. The first kappa shape index (κ1) is 11.6. The van der Waals surface area contributed by atoms with Crippen LogP contribution in [0.5, 0.6) is 5.75 Å². The maximum Gasteiger partial charge on any atom is 0.259 e. The van der Waals surface area contributed by atoms with Crippen molar-refractivity contribution in [1.82, 2.24) is 5.32 Å². The van der Waals surface area contributed by atoms with Gasteiger partial charge in [-0.05, 0) is 12.1 Å². The van der Waals surface area contributed by atoms with Crippen molar-refractivity contribution in [2.24, 2.45) is 0 Å². The van der Waals surface area contributed by atoms with Crippen molar-refractivity contribution in [2.75, 3.05) is 0 Å². The van der Waals surface area contributed by atoms with Crippen LogP contribution >= 0.6 is 0 Å². The Bertz CT molecular complexity index is 634. The molecule has 1 aromatic carbocycles. The van der Waals surface area contributed by atoms with Gasteiger partial charge in [0.25, 0.3) is 5.91 Å². The molecule has 0 spiro atoms. The third-order valence-corrected chi connectivity index (χ3v) is 2.98. The molecule has 2 atom stereocenters. The molecule has 0 unspecified atom stereocenters. The van der Waals surface area contributed by atoms with Crippen LogP contribution in [0.1, 0.15) is 10.4 Å². The molecule has 1 heterocycles. The molecule has 1 aromatic rings. The number of carbonyl (C=O) groups is 3. The minimum Gasteiger partial charge on any atom is -0.507 e. The van der Waals surface area contributed by atoms with Gasteiger partial charge in [0.2, 0.25) is 5.78 Å². The molecule has 19 heavy (non-hydrogen) atoms. The molecule has 0 bridgehead atoms. The second-order valence-electron chi connectivity index (χ2n) is 4.27. The minimum absolute atomic E-state index is 0.0301. The van der Waals surface area contributed by atoms with Crippen molar-refractivity contribution in [3.8, 4) is 5.75 Å². The van der Waals surface area contributed by atoms with E-state index in [-0.39, 0.29) is 22.8 Å². The van der Waals surface area contributed by atoms with Crippen molar-refractivity contribution in [3.63, 3.8) is 0 Å². The first-order chi connectivity index (χ1) is 9.08. The van der Waals surface area contributed by atoms with E-state index in [9.17, 15) is 19.5 Å². The second-order valence-corrected chi connectivity index (χ2v) is 4.27. The van der Waals surface area contributed by atoms with Crippen LogP contribution in [0.15, 0.2) is 36.0 Å². The predicted octanol–water partition coefficient (Wildman–Crippen LogP) is -0.0749. The Morgan fingerprint density at radius 3 is 2.68 bits per heavy atom. The molecule has 1 amide bonds. The lowest BCUT2D eigenvalue weighted by Crippen LogP contribution is -2.34. The molecule has 96 valence electrons. The number of ketones is 2. The summed E-state index contributed by atoms with van der Waals surface area (Å²) in [6, 6.07) is 5.92. The first-order valence-corrected chi connectivity index (χ1v) is 5.62. The smallest absolute Gasteiger partial charge is 0.259 e. The van der Waals surface area contributed by atoms with Gasteiger partial charge in [-0.1, -0.05) is 12.1 Å². The average Bonchev–Trinajstić information content (AvgIpc) is 3.17. The maximum absolute atomic E-state index is 11.9. The highest BCUT2D eigenvalue weighted by molar-refractivity contribution is 6.17. The number of nitrogens with one attached hydrogen (secondary N) is 1. The molecule has 1 aliphatic heterocycles. The summed E-state index contributed by atoms with van der Waals surface area (Å²) in [5.74, 6) is -1.61. The molecule has 1 saturated heterocycles. The fourth-order valence-corrected chi connectivity index (χ4v) is 1.93. The Hall–Kier alpha value is -2.47. The number of epoxide rings is 1. The van der Waals surface area contributed by atoms with E-state index in [4.69, 9.17) is 4.74 Å². The van der Waals surface area contributed by atoms with Gasteiger partial charge in [-0.2, -0.15) is 0 Å². The summed E-state index contributed by atoms with van der Waals surface area (Å²) in [4.78, 5) is 35.1. The van der Waals surface area contributed by atoms with Gasteiger partial charge in [-0.15, -0.1) is 0 Å². The molecule has 0 saturated carbocycles. The van der Waals surface area contributed by atoms with Gasteiger partial charge in [0.15, 0.2) is 18.0 Å². The van der Waals surface area contributed by atoms with E-state index < -0.39 is 23.9 Å². The first-order valence-electron chi connectivity index (χ1n) is 5.62. The van der Waals surface area contributed by atoms with E-state index in [0.717, 1.165) is 6.08 Å². The quantitative estimate of drug-likeness (QED) is 0.724. The molecule has 1 fully saturated rings. The SMILES string of the molecule is O=C(NC1=CC(=O)[C@H]2O[C@@H]2C1=O)c1ccccc1O. The van der Waals surface area contributed by atoms with Crippen LogP contribution in [0.2, 0.25) is 0 Å². The van der Waals surface area contributed by atoms with Gasteiger partial charge in [0.1, 0.15) is 5.75 Å². The molecular formula is C13H9NO5. The van der Waals surface area contributed by atoms with Crippen molar-refractivity contribution in [2.45, 2.75) is 12.2 Å². The van der Waals surface area contributed by atoms with E-state index in [1.807, 2.05) is 0 Å². The van der Waals surface area contributed by atoms with E-state index in [0.29, 0.717) is 0 Å². The summed E-state index contributed by atoms with van der Waals surface area (Å²) in [5.41, 5.74) is -0.0699. The number of hydrogen-bond donors (Lipinski definition) is 2. The monoisotopic (exact) mass is 259 g/mol. The molecule has 2 aliphatic rings.